The molecule has 1 heterocycles. The number of nitrogens with two attached hydrogens (primary N) is 1. The monoisotopic (exact) mass is 214 g/mol. The summed E-state index contributed by atoms with van der Waals surface area (Å²) in [5.74, 6) is 0.255. The SMILES string of the molecule is COC1CCCN(C(=O)CCCCN)C1. The molecular weight excluding hydrogens is 192 g/mol. The molecule has 0 radical (unpaired) electrons. The molecule has 0 saturated carbocycles. The summed E-state index contributed by atoms with van der Waals surface area (Å²) < 4.78 is 5.28. The van der Waals surface area contributed by atoms with Crippen molar-refractivity contribution in [2.75, 3.05) is 26.7 Å². The molecule has 1 rings (SSSR count). The van der Waals surface area contributed by atoms with E-state index in [2.05, 4.69) is 0 Å². The van der Waals surface area contributed by atoms with Crippen molar-refractivity contribution < 1.29 is 9.53 Å². The molecule has 4 heteroatoms. The first-order valence-electron chi connectivity index (χ1n) is 5.78. The van der Waals surface area contributed by atoms with Gasteiger partial charge in [-0.15, -0.1) is 0 Å². The van der Waals surface area contributed by atoms with Gasteiger partial charge in [-0.25, -0.2) is 0 Å². The van der Waals surface area contributed by atoms with Gasteiger partial charge in [0.05, 0.1) is 6.10 Å². The van der Waals surface area contributed by atoms with Crippen molar-refractivity contribution in [1.29, 1.82) is 0 Å². The Bertz CT molecular complexity index is 197. The van der Waals surface area contributed by atoms with E-state index in [9.17, 15) is 4.79 Å². The lowest BCUT2D eigenvalue weighted by Gasteiger charge is -2.32. The van der Waals surface area contributed by atoms with Crippen LogP contribution in [0.3, 0.4) is 0 Å². The standard InChI is InChI=1S/C11H22N2O2/c1-15-10-5-4-8-13(9-10)11(14)6-2-3-7-12/h10H,2-9,12H2,1H3. The Hall–Kier alpha value is -0.610. The number of carbonyl (C=O) groups is 1. The van der Waals surface area contributed by atoms with Crippen LogP contribution >= 0.6 is 0 Å². The third-order valence-corrected chi connectivity index (χ3v) is 2.91. The van der Waals surface area contributed by atoms with E-state index < -0.39 is 0 Å². The Kier molecular flexibility index (Phi) is 5.65. The maximum atomic E-state index is 11.8. The fraction of sp³-hybridized carbons (Fsp3) is 0.909. The quantitative estimate of drug-likeness (QED) is 0.687. The number of unbranched alkanes of at least 4 members (excludes halogenated alkanes) is 1. The summed E-state index contributed by atoms with van der Waals surface area (Å²) >= 11 is 0. The Balaban J connectivity index is 2.25. The van der Waals surface area contributed by atoms with Crippen molar-refractivity contribution in [3.05, 3.63) is 0 Å². The molecule has 0 bridgehead atoms. The van der Waals surface area contributed by atoms with Crippen LogP contribution in [-0.4, -0.2) is 43.7 Å². The summed E-state index contributed by atoms with van der Waals surface area (Å²) in [6, 6.07) is 0. The van der Waals surface area contributed by atoms with Gasteiger partial charge in [-0.05, 0) is 32.2 Å². The molecule has 0 aliphatic carbocycles. The fourth-order valence-electron chi connectivity index (χ4n) is 1.94. The normalized spacial score (nSPS) is 21.7. The van der Waals surface area contributed by atoms with E-state index in [-0.39, 0.29) is 12.0 Å². The van der Waals surface area contributed by atoms with Crippen molar-refractivity contribution in [1.82, 2.24) is 4.90 Å². The predicted molar refractivity (Wildman–Crippen MR) is 59.5 cm³/mol. The van der Waals surface area contributed by atoms with Crippen LogP contribution < -0.4 is 5.73 Å². The van der Waals surface area contributed by atoms with Crippen LogP contribution in [0.1, 0.15) is 32.1 Å². The molecule has 1 aliphatic rings. The van der Waals surface area contributed by atoms with Gasteiger partial charge in [0.2, 0.25) is 5.91 Å². The minimum absolute atomic E-state index is 0.234. The lowest BCUT2D eigenvalue weighted by Crippen LogP contribution is -2.42. The highest BCUT2D eigenvalue weighted by molar-refractivity contribution is 5.76. The molecule has 1 aliphatic heterocycles. The number of amides is 1. The molecule has 88 valence electrons. The molecule has 1 saturated heterocycles. The van der Waals surface area contributed by atoms with Crippen molar-refractivity contribution in [3.8, 4) is 0 Å². The Labute approximate surface area is 91.8 Å². The second-order valence-electron chi connectivity index (χ2n) is 4.09. The van der Waals surface area contributed by atoms with Gasteiger partial charge in [0.1, 0.15) is 0 Å². The van der Waals surface area contributed by atoms with Gasteiger partial charge in [0.15, 0.2) is 0 Å². The van der Waals surface area contributed by atoms with Gasteiger partial charge in [-0.2, -0.15) is 0 Å². The van der Waals surface area contributed by atoms with Crippen LogP contribution in [0.4, 0.5) is 0 Å². The zero-order chi connectivity index (χ0) is 11.1. The zero-order valence-electron chi connectivity index (χ0n) is 9.58. The number of piperidine rings is 1. The van der Waals surface area contributed by atoms with Crippen molar-refractivity contribution in [2.45, 2.75) is 38.2 Å². The molecule has 1 unspecified atom stereocenters. The molecule has 2 N–H and O–H groups in total. The number of carbonyl (C=O) groups excluding carboxylic acids is 1. The molecule has 1 atom stereocenters. The van der Waals surface area contributed by atoms with Crippen LogP contribution in [0.25, 0.3) is 0 Å². The molecule has 1 amide bonds. The minimum atomic E-state index is 0.234. The second kappa shape index (κ2) is 6.80. The summed E-state index contributed by atoms with van der Waals surface area (Å²) in [5, 5.41) is 0. The Morgan fingerprint density at radius 2 is 2.33 bits per heavy atom. The topological polar surface area (TPSA) is 55.6 Å². The van der Waals surface area contributed by atoms with Crippen molar-refractivity contribution >= 4 is 5.91 Å². The lowest BCUT2D eigenvalue weighted by molar-refractivity contribution is -0.134. The second-order valence-corrected chi connectivity index (χ2v) is 4.09. The zero-order valence-corrected chi connectivity index (χ0v) is 9.58. The Morgan fingerprint density at radius 3 is 3.00 bits per heavy atom. The number of hydrogen-bond acceptors (Lipinski definition) is 3. The maximum Gasteiger partial charge on any atom is 0.222 e. The van der Waals surface area contributed by atoms with Gasteiger partial charge in [0, 0.05) is 26.6 Å². The lowest BCUT2D eigenvalue weighted by atomic mass is 10.1. The van der Waals surface area contributed by atoms with Crippen LogP contribution in [0, 0.1) is 0 Å². The highest BCUT2D eigenvalue weighted by Gasteiger charge is 2.22. The molecule has 15 heavy (non-hydrogen) atoms. The van der Waals surface area contributed by atoms with Gasteiger partial charge >= 0.3 is 0 Å². The first-order chi connectivity index (χ1) is 7.27. The van der Waals surface area contributed by atoms with E-state index in [1.807, 2.05) is 4.90 Å². The largest absolute Gasteiger partial charge is 0.380 e. The summed E-state index contributed by atoms with van der Waals surface area (Å²) in [7, 11) is 1.72. The number of rotatable bonds is 5. The van der Waals surface area contributed by atoms with E-state index in [0.717, 1.165) is 38.8 Å². The first-order valence-corrected chi connectivity index (χ1v) is 5.78. The van der Waals surface area contributed by atoms with Crippen molar-refractivity contribution in [2.24, 2.45) is 5.73 Å². The summed E-state index contributed by atoms with van der Waals surface area (Å²) in [4.78, 5) is 13.7. The molecule has 0 aromatic carbocycles. The summed E-state index contributed by atoms with van der Waals surface area (Å²) in [6.45, 7) is 2.33. The molecule has 0 aromatic rings. The van der Waals surface area contributed by atoms with E-state index >= 15 is 0 Å². The van der Waals surface area contributed by atoms with Crippen LogP contribution in [0.5, 0.6) is 0 Å². The van der Waals surface area contributed by atoms with E-state index in [4.69, 9.17) is 10.5 Å². The molecule has 4 nitrogen and oxygen atoms in total. The third-order valence-electron chi connectivity index (χ3n) is 2.91. The molecule has 1 fully saturated rings. The highest BCUT2D eigenvalue weighted by atomic mass is 16.5. The number of likely N-dealkylation sites (tertiary alicyclic amines) is 1. The van der Waals surface area contributed by atoms with E-state index in [1.165, 1.54) is 0 Å². The van der Waals surface area contributed by atoms with E-state index in [1.54, 1.807) is 7.11 Å². The average Bonchev–Trinajstić information content (AvgIpc) is 2.29. The highest BCUT2D eigenvalue weighted by Crippen LogP contribution is 2.14. The van der Waals surface area contributed by atoms with Gasteiger partial charge in [-0.1, -0.05) is 0 Å². The minimum Gasteiger partial charge on any atom is -0.380 e. The van der Waals surface area contributed by atoms with Crippen molar-refractivity contribution in [3.63, 3.8) is 0 Å². The Morgan fingerprint density at radius 1 is 1.53 bits per heavy atom. The smallest absolute Gasteiger partial charge is 0.222 e. The van der Waals surface area contributed by atoms with Gasteiger partial charge in [0.25, 0.3) is 0 Å². The molecular formula is C11H22N2O2. The first kappa shape index (κ1) is 12.5. The average molecular weight is 214 g/mol. The summed E-state index contributed by atoms with van der Waals surface area (Å²) in [6.07, 6.45) is 4.84. The molecule has 0 aromatic heterocycles. The van der Waals surface area contributed by atoms with Gasteiger partial charge in [-0.3, -0.25) is 4.79 Å². The fourth-order valence-corrected chi connectivity index (χ4v) is 1.94. The van der Waals surface area contributed by atoms with E-state index in [0.29, 0.717) is 13.0 Å². The number of hydrogen-bond donors (Lipinski definition) is 1. The van der Waals surface area contributed by atoms with Crippen LogP contribution in [0.2, 0.25) is 0 Å². The predicted octanol–water partition coefficient (Wildman–Crippen LogP) is 0.753. The maximum absolute atomic E-state index is 11.8. The number of nitrogens with zero attached hydrogens (tertiary/aromatic N) is 1. The number of methoxy groups -OCH3 is 1. The van der Waals surface area contributed by atoms with Crippen LogP contribution in [-0.2, 0) is 9.53 Å². The third kappa shape index (κ3) is 4.18. The summed E-state index contributed by atoms with van der Waals surface area (Å²) in [5.41, 5.74) is 5.39. The van der Waals surface area contributed by atoms with Crippen LogP contribution in [0.15, 0.2) is 0 Å². The number of ether oxygens (including phenoxy) is 1. The molecule has 0 spiro atoms. The van der Waals surface area contributed by atoms with Gasteiger partial charge < -0.3 is 15.4 Å².